The number of piperazine rings is 1. The fourth-order valence-corrected chi connectivity index (χ4v) is 2.50. The highest BCUT2D eigenvalue weighted by Crippen LogP contribution is 2.33. The van der Waals surface area contributed by atoms with E-state index in [0.29, 0.717) is 5.56 Å². The van der Waals surface area contributed by atoms with Crippen molar-refractivity contribution in [2.75, 3.05) is 6.54 Å². The fourth-order valence-electron chi connectivity index (χ4n) is 2.50. The molecular formula is C15H18F2N2O2. The summed E-state index contributed by atoms with van der Waals surface area (Å²) in [5.41, 5.74) is -2.07. The van der Waals surface area contributed by atoms with E-state index < -0.39 is 35.9 Å². The molecule has 0 aliphatic carbocycles. The van der Waals surface area contributed by atoms with Crippen molar-refractivity contribution in [1.82, 2.24) is 10.2 Å². The van der Waals surface area contributed by atoms with Gasteiger partial charge >= 0.3 is 0 Å². The number of rotatable bonds is 3. The highest BCUT2D eigenvalue weighted by molar-refractivity contribution is 6.02. The minimum absolute atomic E-state index is 0.450. The molecule has 6 heteroatoms. The van der Waals surface area contributed by atoms with Crippen LogP contribution in [0.2, 0.25) is 0 Å². The summed E-state index contributed by atoms with van der Waals surface area (Å²) in [4.78, 5) is 26.0. The highest BCUT2D eigenvalue weighted by Gasteiger charge is 2.53. The Morgan fingerprint density at radius 2 is 1.71 bits per heavy atom. The second-order valence-electron chi connectivity index (χ2n) is 5.81. The molecule has 1 aliphatic rings. The topological polar surface area (TPSA) is 49.4 Å². The van der Waals surface area contributed by atoms with Gasteiger partial charge in [-0.1, -0.05) is 30.3 Å². The van der Waals surface area contributed by atoms with Gasteiger partial charge in [-0.2, -0.15) is 0 Å². The van der Waals surface area contributed by atoms with Crippen molar-refractivity contribution in [2.24, 2.45) is 0 Å². The maximum Gasteiger partial charge on any atom is 0.255 e. The Balaban J connectivity index is 2.47. The van der Waals surface area contributed by atoms with Crippen molar-refractivity contribution in [3.8, 4) is 0 Å². The smallest absolute Gasteiger partial charge is 0.255 e. The van der Waals surface area contributed by atoms with Crippen molar-refractivity contribution in [1.29, 1.82) is 0 Å². The van der Waals surface area contributed by atoms with Crippen LogP contribution >= 0.6 is 0 Å². The number of carbonyl (C=O) groups excluding carboxylic acids is 2. The number of nitrogens with zero attached hydrogens (tertiary/aromatic N) is 1. The van der Waals surface area contributed by atoms with Crippen LogP contribution in [0.4, 0.5) is 8.78 Å². The number of nitrogens with one attached hydrogen (secondary N) is 1. The Labute approximate surface area is 122 Å². The lowest BCUT2D eigenvalue weighted by Gasteiger charge is -2.48. The van der Waals surface area contributed by atoms with Crippen LogP contribution in [0.15, 0.2) is 30.3 Å². The minimum atomic E-state index is -2.70. The van der Waals surface area contributed by atoms with E-state index in [9.17, 15) is 18.4 Å². The number of hydrogen-bond donors (Lipinski definition) is 1. The van der Waals surface area contributed by atoms with Crippen LogP contribution in [-0.4, -0.2) is 35.2 Å². The van der Waals surface area contributed by atoms with Gasteiger partial charge in [0.05, 0.1) is 6.54 Å². The van der Waals surface area contributed by atoms with E-state index >= 15 is 0 Å². The lowest BCUT2D eigenvalue weighted by atomic mass is 9.83. The molecule has 1 atom stereocenters. The molecule has 21 heavy (non-hydrogen) atoms. The molecule has 0 radical (unpaired) electrons. The third-order valence-electron chi connectivity index (χ3n) is 3.94. The molecule has 1 aromatic carbocycles. The van der Waals surface area contributed by atoms with Gasteiger partial charge in [0.2, 0.25) is 5.91 Å². The maximum absolute atomic E-state index is 12.8. The summed E-state index contributed by atoms with van der Waals surface area (Å²) in [5.74, 6) is -0.979. The van der Waals surface area contributed by atoms with Crippen LogP contribution in [0.25, 0.3) is 0 Å². The van der Waals surface area contributed by atoms with Crippen LogP contribution in [-0.2, 0) is 15.1 Å². The molecule has 0 spiro atoms. The first kappa shape index (κ1) is 15.4. The Bertz CT molecular complexity index is 560. The monoisotopic (exact) mass is 296 g/mol. The Hall–Kier alpha value is -1.98. The minimum Gasteiger partial charge on any atom is -0.336 e. The Kier molecular flexibility index (Phi) is 3.74. The van der Waals surface area contributed by atoms with Crippen LogP contribution in [0.1, 0.15) is 26.3 Å². The van der Waals surface area contributed by atoms with Crippen molar-refractivity contribution >= 4 is 11.8 Å². The molecule has 1 saturated heterocycles. The summed E-state index contributed by atoms with van der Waals surface area (Å²) in [7, 11) is 0. The summed E-state index contributed by atoms with van der Waals surface area (Å²) < 4.78 is 25.6. The summed E-state index contributed by atoms with van der Waals surface area (Å²) >= 11 is 0. The van der Waals surface area contributed by atoms with Crippen LogP contribution in [0, 0.1) is 0 Å². The van der Waals surface area contributed by atoms with E-state index in [4.69, 9.17) is 0 Å². The van der Waals surface area contributed by atoms with E-state index in [1.165, 1.54) is 20.8 Å². The predicted molar refractivity (Wildman–Crippen MR) is 73.7 cm³/mol. The molecule has 1 fully saturated rings. The number of benzene rings is 1. The second kappa shape index (κ2) is 5.09. The fraction of sp³-hybridized carbons (Fsp3) is 0.467. The third-order valence-corrected chi connectivity index (χ3v) is 3.94. The van der Waals surface area contributed by atoms with Crippen molar-refractivity contribution in [3.05, 3.63) is 35.9 Å². The normalized spacial score (nSPS) is 25.1. The van der Waals surface area contributed by atoms with Gasteiger partial charge in [0.1, 0.15) is 11.1 Å². The summed E-state index contributed by atoms with van der Waals surface area (Å²) in [6.45, 7) is 3.71. The first-order valence-electron chi connectivity index (χ1n) is 6.68. The van der Waals surface area contributed by atoms with E-state index in [0.717, 1.165) is 4.90 Å². The highest BCUT2D eigenvalue weighted by atomic mass is 19.3. The van der Waals surface area contributed by atoms with Gasteiger partial charge in [-0.3, -0.25) is 9.59 Å². The van der Waals surface area contributed by atoms with Gasteiger partial charge < -0.3 is 10.2 Å². The van der Waals surface area contributed by atoms with E-state index in [2.05, 4.69) is 5.32 Å². The maximum atomic E-state index is 12.8. The van der Waals surface area contributed by atoms with E-state index in [-0.39, 0.29) is 0 Å². The summed E-state index contributed by atoms with van der Waals surface area (Å²) in [6, 6.07) is 8.63. The van der Waals surface area contributed by atoms with Crippen LogP contribution < -0.4 is 5.32 Å². The molecule has 1 heterocycles. The average Bonchev–Trinajstić information content (AvgIpc) is 2.43. The Morgan fingerprint density at radius 1 is 1.14 bits per heavy atom. The molecular weight excluding hydrogens is 278 g/mol. The summed E-state index contributed by atoms with van der Waals surface area (Å²) in [5, 5.41) is 2.68. The molecule has 0 bridgehead atoms. The number of alkyl halides is 2. The second-order valence-corrected chi connectivity index (χ2v) is 5.81. The third kappa shape index (κ3) is 2.50. The lowest BCUT2D eigenvalue weighted by Crippen LogP contribution is -2.72. The molecule has 0 saturated carbocycles. The van der Waals surface area contributed by atoms with E-state index in [1.54, 1.807) is 30.3 Å². The average molecular weight is 296 g/mol. The number of amides is 2. The zero-order valence-corrected chi connectivity index (χ0v) is 12.2. The number of hydrogen-bond acceptors (Lipinski definition) is 2. The van der Waals surface area contributed by atoms with Crippen LogP contribution in [0.3, 0.4) is 0 Å². The van der Waals surface area contributed by atoms with Crippen molar-refractivity contribution < 1.29 is 18.4 Å². The standard InChI is InChI=1S/C15H18F2N2O2/c1-14(2)12(20)18-15(3,10-7-5-4-6-8-10)13(21)19(14)9-11(16)17/h4-8,11H,9H2,1-3H3,(H,18,20). The molecule has 1 aromatic rings. The first-order valence-corrected chi connectivity index (χ1v) is 6.68. The molecule has 0 aromatic heterocycles. The summed E-state index contributed by atoms with van der Waals surface area (Å²) in [6.07, 6.45) is -2.70. The largest absolute Gasteiger partial charge is 0.336 e. The van der Waals surface area contributed by atoms with Crippen molar-refractivity contribution in [2.45, 2.75) is 38.3 Å². The Morgan fingerprint density at radius 3 is 2.24 bits per heavy atom. The zero-order valence-electron chi connectivity index (χ0n) is 12.2. The molecule has 2 rings (SSSR count). The molecule has 1 N–H and O–H groups in total. The molecule has 2 amide bonds. The van der Waals surface area contributed by atoms with Gasteiger partial charge in [-0.25, -0.2) is 8.78 Å². The molecule has 114 valence electrons. The SMILES string of the molecule is CC1(c2ccccc2)NC(=O)C(C)(C)N(CC(F)F)C1=O. The van der Waals surface area contributed by atoms with Gasteiger partial charge in [-0.05, 0) is 26.3 Å². The number of carbonyl (C=O) groups is 2. The predicted octanol–water partition coefficient (Wildman–Crippen LogP) is 1.90. The van der Waals surface area contributed by atoms with Gasteiger partial charge in [0.25, 0.3) is 12.3 Å². The van der Waals surface area contributed by atoms with Crippen molar-refractivity contribution in [3.63, 3.8) is 0 Å². The molecule has 4 nitrogen and oxygen atoms in total. The quantitative estimate of drug-likeness (QED) is 0.926. The molecule has 1 unspecified atom stereocenters. The molecule has 1 aliphatic heterocycles. The van der Waals surface area contributed by atoms with Gasteiger partial charge in [-0.15, -0.1) is 0 Å². The van der Waals surface area contributed by atoms with Crippen LogP contribution in [0.5, 0.6) is 0 Å². The lowest BCUT2D eigenvalue weighted by molar-refractivity contribution is -0.163. The van der Waals surface area contributed by atoms with Gasteiger partial charge in [0, 0.05) is 0 Å². The van der Waals surface area contributed by atoms with Gasteiger partial charge in [0.15, 0.2) is 0 Å². The zero-order chi connectivity index (χ0) is 15.8. The number of halogens is 2. The van der Waals surface area contributed by atoms with E-state index in [1.807, 2.05) is 0 Å². The first-order chi connectivity index (χ1) is 9.69.